The molecule has 0 saturated carbocycles. The molecule has 0 radical (unpaired) electrons. The van der Waals surface area contributed by atoms with Crippen LogP contribution in [0, 0.1) is 17.6 Å². The summed E-state index contributed by atoms with van der Waals surface area (Å²) in [5.41, 5.74) is 0.774. The Morgan fingerprint density at radius 2 is 2.10 bits per heavy atom. The highest BCUT2D eigenvalue weighted by Crippen LogP contribution is 2.32. The van der Waals surface area contributed by atoms with Crippen LogP contribution in [0.3, 0.4) is 0 Å². The molecule has 1 aromatic heterocycles. The second kappa shape index (κ2) is 8.84. The highest BCUT2D eigenvalue weighted by molar-refractivity contribution is 6.31. The Balaban J connectivity index is 1.87. The fourth-order valence-corrected chi connectivity index (χ4v) is 3.35. The topological polar surface area (TPSA) is 83.1 Å². The van der Waals surface area contributed by atoms with Crippen molar-refractivity contribution >= 4 is 23.4 Å². The lowest BCUT2D eigenvalue weighted by molar-refractivity contribution is -0.125. The van der Waals surface area contributed by atoms with Crippen molar-refractivity contribution in [2.75, 3.05) is 0 Å². The van der Waals surface area contributed by atoms with Gasteiger partial charge >= 0.3 is 0 Å². The summed E-state index contributed by atoms with van der Waals surface area (Å²) in [5, 5.41) is 8.53. The second-order valence-corrected chi connectivity index (χ2v) is 7.57. The third-order valence-electron chi connectivity index (χ3n) is 4.66. The lowest BCUT2D eigenvalue weighted by Gasteiger charge is -2.33. The average molecular weight is 423 g/mol. The van der Waals surface area contributed by atoms with Crippen molar-refractivity contribution in [2.45, 2.75) is 39.0 Å². The Morgan fingerprint density at radius 3 is 2.79 bits per heavy atom. The summed E-state index contributed by atoms with van der Waals surface area (Å²) < 4.78 is 28.7. The van der Waals surface area contributed by atoms with E-state index in [-0.39, 0.29) is 46.8 Å². The normalized spacial score (nSPS) is 19.2. The van der Waals surface area contributed by atoms with Gasteiger partial charge in [-0.15, -0.1) is 0 Å². The quantitative estimate of drug-likeness (QED) is 0.691. The molecule has 1 fully saturated rings. The molecule has 2 heterocycles. The molecular formula is C20H21ClF2N4O2. The number of carbonyl (C=O) groups is 2. The fourth-order valence-electron chi connectivity index (χ4n) is 3.10. The van der Waals surface area contributed by atoms with E-state index < -0.39 is 23.8 Å². The first kappa shape index (κ1) is 21.1. The molecule has 1 aromatic carbocycles. The van der Waals surface area contributed by atoms with E-state index in [2.05, 4.69) is 20.9 Å². The lowest BCUT2D eigenvalue weighted by Crippen LogP contribution is -2.47. The summed E-state index contributed by atoms with van der Waals surface area (Å²) in [7, 11) is 0. The van der Waals surface area contributed by atoms with E-state index in [4.69, 9.17) is 11.6 Å². The number of carbonyl (C=O) groups excluding carboxylic acids is 2. The van der Waals surface area contributed by atoms with Gasteiger partial charge in [0, 0.05) is 42.2 Å². The molecule has 2 unspecified atom stereocenters. The molecule has 9 heteroatoms. The van der Waals surface area contributed by atoms with Crippen molar-refractivity contribution in [3.8, 4) is 0 Å². The maximum Gasteiger partial charge on any atom is 0.223 e. The molecule has 3 rings (SSSR count). The van der Waals surface area contributed by atoms with Gasteiger partial charge in [-0.2, -0.15) is 0 Å². The second-order valence-electron chi connectivity index (χ2n) is 7.17. The van der Waals surface area contributed by atoms with Crippen LogP contribution in [0.1, 0.15) is 49.2 Å². The molecule has 6 nitrogen and oxygen atoms in total. The van der Waals surface area contributed by atoms with E-state index in [1.807, 2.05) is 0 Å². The largest absolute Gasteiger partial charge is 0.352 e. The highest BCUT2D eigenvalue weighted by Gasteiger charge is 2.31. The van der Waals surface area contributed by atoms with Crippen molar-refractivity contribution in [1.29, 1.82) is 0 Å². The highest BCUT2D eigenvalue weighted by atomic mass is 35.5. The number of nitrogens with one attached hydrogen (secondary N) is 3. The van der Waals surface area contributed by atoms with Gasteiger partial charge in [0.2, 0.25) is 11.8 Å². The van der Waals surface area contributed by atoms with Crippen LogP contribution in [0.4, 0.5) is 8.78 Å². The Labute approximate surface area is 172 Å². The Hall–Kier alpha value is -2.58. The van der Waals surface area contributed by atoms with E-state index in [1.165, 1.54) is 24.4 Å². The number of amides is 2. The first-order valence-electron chi connectivity index (χ1n) is 9.16. The first-order valence-corrected chi connectivity index (χ1v) is 9.54. The minimum Gasteiger partial charge on any atom is -0.352 e. The SMILES string of the molecule is CC(C)C(=O)NCc1ccc(Cl)c(C2NC(=O)CC(c3cncc(F)c3)N2)c1F. The summed E-state index contributed by atoms with van der Waals surface area (Å²) in [5.74, 6) is -1.93. The van der Waals surface area contributed by atoms with Crippen molar-refractivity contribution in [1.82, 2.24) is 20.9 Å². The maximum absolute atomic E-state index is 15.2. The van der Waals surface area contributed by atoms with Gasteiger partial charge in [0.25, 0.3) is 0 Å². The van der Waals surface area contributed by atoms with Gasteiger partial charge < -0.3 is 10.6 Å². The summed E-state index contributed by atoms with van der Waals surface area (Å²) in [6, 6.07) is 3.71. The fraction of sp³-hybridized carbons (Fsp3) is 0.350. The molecule has 1 aliphatic rings. The molecule has 1 aliphatic heterocycles. The number of hydrogen-bond acceptors (Lipinski definition) is 4. The van der Waals surface area contributed by atoms with Gasteiger partial charge in [0.05, 0.1) is 11.2 Å². The predicted octanol–water partition coefficient (Wildman–Crippen LogP) is 3.13. The molecule has 0 bridgehead atoms. The lowest BCUT2D eigenvalue weighted by atomic mass is 9.99. The van der Waals surface area contributed by atoms with E-state index in [0.29, 0.717) is 5.56 Å². The van der Waals surface area contributed by atoms with Crippen LogP contribution in [0.5, 0.6) is 0 Å². The number of rotatable bonds is 5. The minimum absolute atomic E-state index is 0.00900. The van der Waals surface area contributed by atoms with Crippen LogP contribution in [0.25, 0.3) is 0 Å². The average Bonchev–Trinajstić information content (AvgIpc) is 2.66. The summed E-state index contributed by atoms with van der Waals surface area (Å²) >= 11 is 6.22. The number of pyridine rings is 1. The molecule has 2 amide bonds. The molecule has 3 N–H and O–H groups in total. The minimum atomic E-state index is -0.919. The van der Waals surface area contributed by atoms with Gasteiger partial charge in [0.1, 0.15) is 17.8 Å². The Bertz CT molecular complexity index is 939. The third kappa shape index (κ3) is 4.89. The van der Waals surface area contributed by atoms with E-state index in [9.17, 15) is 14.0 Å². The van der Waals surface area contributed by atoms with Crippen molar-refractivity contribution in [3.05, 3.63) is 63.9 Å². The van der Waals surface area contributed by atoms with Gasteiger partial charge in [-0.05, 0) is 17.7 Å². The molecular weight excluding hydrogens is 402 g/mol. The van der Waals surface area contributed by atoms with Gasteiger partial charge in [-0.1, -0.05) is 31.5 Å². The smallest absolute Gasteiger partial charge is 0.223 e. The number of aromatic nitrogens is 1. The molecule has 0 spiro atoms. The van der Waals surface area contributed by atoms with Crippen LogP contribution in [0.15, 0.2) is 30.6 Å². The zero-order chi connectivity index (χ0) is 21.1. The number of nitrogens with zero attached hydrogens (tertiary/aromatic N) is 1. The van der Waals surface area contributed by atoms with Crippen LogP contribution < -0.4 is 16.0 Å². The van der Waals surface area contributed by atoms with Crippen LogP contribution in [0.2, 0.25) is 5.02 Å². The van der Waals surface area contributed by atoms with Gasteiger partial charge in [-0.25, -0.2) is 8.78 Å². The van der Waals surface area contributed by atoms with Crippen LogP contribution in [-0.4, -0.2) is 16.8 Å². The van der Waals surface area contributed by atoms with Crippen molar-refractivity contribution < 1.29 is 18.4 Å². The van der Waals surface area contributed by atoms with E-state index in [0.717, 1.165) is 6.20 Å². The molecule has 2 aromatic rings. The van der Waals surface area contributed by atoms with E-state index >= 15 is 4.39 Å². The maximum atomic E-state index is 15.2. The predicted molar refractivity (Wildman–Crippen MR) is 104 cm³/mol. The Morgan fingerprint density at radius 1 is 1.34 bits per heavy atom. The molecule has 2 atom stereocenters. The van der Waals surface area contributed by atoms with Gasteiger partial charge in [0.15, 0.2) is 0 Å². The zero-order valence-corrected chi connectivity index (χ0v) is 16.7. The van der Waals surface area contributed by atoms with Gasteiger partial charge in [-0.3, -0.25) is 19.9 Å². The zero-order valence-electron chi connectivity index (χ0n) is 15.9. The molecule has 0 aliphatic carbocycles. The molecule has 154 valence electrons. The monoisotopic (exact) mass is 422 g/mol. The number of halogens is 3. The van der Waals surface area contributed by atoms with Crippen LogP contribution in [-0.2, 0) is 16.1 Å². The number of benzene rings is 1. The third-order valence-corrected chi connectivity index (χ3v) is 4.99. The van der Waals surface area contributed by atoms with Crippen molar-refractivity contribution in [3.63, 3.8) is 0 Å². The van der Waals surface area contributed by atoms with Crippen LogP contribution >= 0.6 is 11.6 Å². The standard InChI is InChI=1S/C20H21ClF2N4O2/c1-10(2)20(29)25-8-11-3-4-14(21)17(18(11)23)19-26-15(6-16(28)27-19)12-5-13(22)9-24-7-12/h3-5,7,9-10,15,19,26H,6,8H2,1-2H3,(H,25,29)(H,27,28). The summed E-state index contributed by atoms with van der Waals surface area (Å²) in [4.78, 5) is 27.8. The summed E-state index contributed by atoms with van der Waals surface area (Å²) in [6.07, 6.45) is 1.64. The summed E-state index contributed by atoms with van der Waals surface area (Å²) in [6.45, 7) is 3.47. The number of hydrogen-bond donors (Lipinski definition) is 3. The Kier molecular flexibility index (Phi) is 6.44. The first-order chi connectivity index (χ1) is 13.8. The molecule has 29 heavy (non-hydrogen) atoms. The van der Waals surface area contributed by atoms with Crippen molar-refractivity contribution in [2.24, 2.45) is 5.92 Å². The van der Waals surface area contributed by atoms with E-state index in [1.54, 1.807) is 13.8 Å². The molecule has 1 saturated heterocycles.